The van der Waals surface area contributed by atoms with E-state index < -0.39 is 112 Å². The van der Waals surface area contributed by atoms with E-state index in [2.05, 4.69) is 38.3 Å². The number of esters is 1. The van der Waals surface area contributed by atoms with Crippen molar-refractivity contribution in [1.29, 1.82) is 0 Å². The van der Waals surface area contributed by atoms with Gasteiger partial charge in [-0.1, -0.05) is 417 Å². The predicted molar refractivity (Wildman–Crippen MR) is 513 cm³/mol. The van der Waals surface area contributed by atoms with Crippen molar-refractivity contribution < 1.29 is 84.6 Å². The molecule has 0 aliphatic carbocycles. The lowest BCUT2D eigenvalue weighted by Gasteiger charge is -2.47. The number of nitrogens with one attached hydrogen (secondary N) is 2. The molecular formula is C108H162FN2O17P. The Kier molecular flexibility index (Phi) is 55.4. The van der Waals surface area contributed by atoms with Crippen LogP contribution in [0.4, 0.5) is 4.39 Å². The quantitative estimate of drug-likeness (QED) is 0.0183. The molecule has 2 heterocycles. The lowest BCUT2D eigenvalue weighted by atomic mass is 9.91. The van der Waals surface area contributed by atoms with Crippen molar-refractivity contribution in [1.82, 2.24) is 10.6 Å². The number of amides is 2. The van der Waals surface area contributed by atoms with E-state index in [0.29, 0.717) is 43.6 Å². The number of benzene rings is 6. The van der Waals surface area contributed by atoms with Gasteiger partial charge in [-0.05, 0) is 85.0 Å². The van der Waals surface area contributed by atoms with Gasteiger partial charge in [-0.15, -0.1) is 0 Å². The summed E-state index contributed by atoms with van der Waals surface area (Å²) >= 11 is 0. The number of halogens is 1. The first-order chi connectivity index (χ1) is 63.3. The minimum absolute atomic E-state index is 0.000323. The number of ether oxygens (including phenoxy) is 9. The molecule has 2 amide bonds. The standard InChI is InChI=1S/C108H162FN2O17P/c1-6-10-14-18-22-26-30-34-38-60-78-117-91(69-53-35-31-27-23-19-15-11-7-2)76-80-119-105-100(110-86(5)112)108(124-96(82-109)103(105)128-129(116,126-93-71-56-43-57-72-93)127-94-73-58-44-59-74-94)122-85-97-101(114)104(118-79-77-92(120-83-87-61-45-39-46-62-87)70-54-36-32-28-24-20-16-12-8-3)99(106(123-97)107(115)125-102(89-65-49-41-50-66-89)90-67-51-42-52-68-90)111-98(113)81-95(121-84-88-63-47-40-48-64-88)75-55-37-33-29-25-21-17-13-9-4/h39-52,56-59,61-68,71-74,91-92,95-97,99-106,108,114H,6-38,53-55,60,69-70,75-85H2,1-5H3,(H,110,112)(H,111,113)/t91-,92-,95-,96-,97-,99-,100-,101-,103+,104-,105-,106+,108-/m1/s1. The molecule has 6 aromatic rings. The molecule has 8 rings (SSSR count). The molecule has 21 heteroatoms. The smallest absolute Gasteiger partial charge is 0.451 e. The van der Waals surface area contributed by atoms with Gasteiger partial charge in [0.25, 0.3) is 0 Å². The Hall–Kier alpha value is -6.91. The molecule has 2 fully saturated rings. The van der Waals surface area contributed by atoms with Crippen molar-refractivity contribution in [3.63, 3.8) is 0 Å². The summed E-state index contributed by atoms with van der Waals surface area (Å²) in [5.74, 6) is -1.67. The predicted octanol–water partition coefficient (Wildman–Crippen LogP) is 26.0. The number of phosphoric ester groups is 1. The highest BCUT2D eigenvalue weighted by Crippen LogP contribution is 2.53. The number of aliphatic hydroxyl groups is 1. The van der Waals surface area contributed by atoms with Crippen molar-refractivity contribution in [3.8, 4) is 11.5 Å². The van der Waals surface area contributed by atoms with Gasteiger partial charge in [0.2, 0.25) is 11.8 Å². The highest BCUT2D eigenvalue weighted by Gasteiger charge is 2.55. The van der Waals surface area contributed by atoms with Gasteiger partial charge in [0.1, 0.15) is 60.8 Å². The zero-order valence-corrected chi connectivity index (χ0v) is 80.0. The molecule has 0 spiro atoms. The summed E-state index contributed by atoms with van der Waals surface area (Å²) in [6, 6.07) is 52.5. The van der Waals surface area contributed by atoms with Crippen LogP contribution in [0.1, 0.15) is 339 Å². The van der Waals surface area contributed by atoms with Crippen LogP contribution in [0.25, 0.3) is 0 Å². The van der Waals surface area contributed by atoms with Crippen molar-refractivity contribution >= 4 is 25.6 Å². The first-order valence-corrected chi connectivity index (χ1v) is 51.7. The van der Waals surface area contributed by atoms with Gasteiger partial charge in [-0.2, -0.15) is 0 Å². The van der Waals surface area contributed by atoms with E-state index in [1.54, 1.807) is 60.7 Å². The molecule has 0 saturated carbocycles. The largest absolute Gasteiger partial charge is 0.588 e. The molecule has 0 bridgehead atoms. The summed E-state index contributed by atoms with van der Waals surface area (Å²) in [7, 11) is -4.90. The van der Waals surface area contributed by atoms with Crippen LogP contribution in [-0.2, 0) is 79.3 Å². The second kappa shape index (κ2) is 66.5. The molecule has 0 radical (unpaired) electrons. The molecule has 2 aliphatic heterocycles. The van der Waals surface area contributed by atoms with Crippen LogP contribution < -0.4 is 19.7 Å². The molecule has 129 heavy (non-hydrogen) atoms. The van der Waals surface area contributed by atoms with Crippen molar-refractivity contribution in [3.05, 3.63) is 204 Å². The van der Waals surface area contributed by atoms with Crippen LogP contribution >= 0.6 is 7.82 Å². The van der Waals surface area contributed by atoms with Gasteiger partial charge in [0.15, 0.2) is 18.5 Å². The van der Waals surface area contributed by atoms with Gasteiger partial charge < -0.3 is 67.4 Å². The van der Waals surface area contributed by atoms with Crippen molar-refractivity contribution in [2.45, 2.75) is 409 Å². The molecule has 0 aromatic heterocycles. The molecule has 19 nitrogen and oxygen atoms in total. The van der Waals surface area contributed by atoms with E-state index in [0.717, 1.165) is 114 Å². The van der Waals surface area contributed by atoms with Crippen molar-refractivity contribution in [2.75, 3.05) is 33.1 Å². The zero-order chi connectivity index (χ0) is 91.2. The fraction of sp³-hybridized carbons (Fsp3) is 0.639. The topological polar surface area (TPSA) is 223 Å². The van der Waals surface area contributed by atoms with Gasteiger partial charge in [-0.3, -0.25) is 14.1 Å². The number of unbranched alkanes of at least 4 members (excludes halogenated alkanes) is 33. The molecule has 718 valence electrons. The van der Waals surface area contributed by atoms with E-state index in [9.17, 15) is 9.90 Å². The molecule has 0 unspecified atom stereocenters. The third kappa shape index (κ3) is 43.3. The fourth-order valence-electron chi connectivity index (χ4n) is 17.4. The molecule has 2 aliphatic rings. The number of rotatable bonds is 74. The highest BCUT2D eigenvalue weighted by atomic mass is 31.2. The van der Waals surface area contributed by atoms with Crippen molar-refractivity contribution in [2.24, 2.45) is 0 Å². The number of carbonyl (C=O) groups is 3. The Morgan fingerprint density at radius 1 is 0.403 bits per heavy atom. The number of phosphoric acid groups is 1. The van der Waals surface area contributed by atoms with Gasteiger partial charge in [-0.25, -0.2) is 13.8 Å². The Morgan fingerprint density at radius 2 is 0.783 bits per heavy atom. The summed E-state index contributed by atoms with van der Waals surface area (Å²) in [4.78, 5) is 45.7. The molecule has 13 atom stereocenters. The van der Waals surface area contributed by atoms with Crippen LogP contribution in [-0.4, -0.2) is 135 Å². The summed E-state index contributed by atoms with van der Waals surface area (Å²) in [5, 5.41) is 19.7. The minimum Gasteiger partial charge on any atom is -0.451 e. The number of aliphatic hydroxyl groups excluding tert-OH is 1. The zero-order valence-electron chi connectivity index (χ0n) is 79.1. The second-order valence-electron chi connectivity index (χ2n) is 35.7. The second-order valence-corrected chi connectivity index (χ2v) is 37.2. The number of hydrogen-bond acceptors (Lipinski definition) is 17. The van der Waals surface area contributed by atoms with E-state index in [1.807, 2.05) is 121 Å². The summed E-state index contributed by atoms with van der Waals surface area (Å²) in [6.07, 6.45) is 30.8. The summed E-state index contributed by atoms with van der Waals surface area (Å²) in [5.41, 5.74) is 3.28. The maximum absolute atomic E-state index is 16.8. The first-order valence-electron chi connectivity index (χ1n) is 50.3. The Bertz CT molecular complexity index is 3750. The third-order valence-corrected chi connectivity index (χ3v) is 26.2. The minimum atomic E-state index is -4.90. The molecule has 6 aromatic carbocycles. The van der Waals surface area contributed by atoms with Crippen LogP contribution in [0, 0.1) is 0 Å². The summed E-state index contributed by atoms with van der Waals surface area (Å²) < 4.78 is 114. The van der Waals surface area contributed by atoms with E-state index in [4.69, 9.17) is 56.2 Å². The van der Waals surface area contributed by atoms with E-state index >= 15 is 18.5 Å². The Morgan fingerprint density at radius 3 is 1.21 bits per heavy atom. The maximum Gasteiger partial charge on any atom is 0.588 e. The molecule has 3 N–H and O–H groups in total. The lowest BCUT2D eigenvalue weighted by molar-refractivity contribution is -0.287. The lowest BCUT2D eigenvalue weighted by Crippen LogP contribution is -2.68. The van der Waals surface area contributed by atoms with E-state index in [1.165, 1.54) is 155 Å². The average Bonchev–Trinajstić information content (AvgIpc) is 0.771. The SMILES string of the molecule is CCCCCCCCCCCCO[C@H](CCCCCCCCCCC)CCO[C@@H]1[C@@H](NC(C)=O)[C@H](OC[C@H]2O[C@H](C(=O)OC(c3ccccc3)c3ccccc3)[C@H](NC(=O)C[C@@H](CCCCCCCCCCC)OCc3ccccc3)[C@@H](OCC[C@@H](CCCCCCCCCCC)OCc3ccccc3)[C@@H]2O)O[C@H](CF)[C@@H]1OP(=O)(Oc1ccccc1)Oc1ccccc1. The van der Waals surface area contributed by atoms with Crippen LogP contribution in [0.3, 0.4) is 0 Å². The van der Waals surface area contributed by atoms with Gasteiger partial charge in [0, 0.05) is 26.7 Å². The first kappa shape index (κ1) is 107. The highest BCUT2D eigenvalue weighted by molar-refractivity contribution is 7.49. The van der Waals surface area contributed by atoms with Gasteiger partial charge >= 0.3 is 13.8 Å². The van der Waals surface area contributed by atoms with Crippen LogP contribution in [0.2, 0.25) is 0 Å². The molecule has 2 saturated heterocycles. The third-order valence-electron chi connectivity index (χ3n) is 24.8. The number of hydrogen-bond donors (Lipinski definition) is 3. The Balaban J connectivity index is 1.15. The van der Waals surface area contributed by atoms with E-state index in [-0.39, 0.29) is 49.9 Å². The maximum atomic E-state index is 16.8. The molecular weight excluding hydrogens is 1650 g/mol. The van der Waals surface area contributed by atoms with Crippen LogP contribution in [0.5, 0.6) is 11.5 Å². The number of alkyl halides is 1. The monoisotopic (exact) mass is 1810 g/mol. The Labute approximate surface area is 774 Å². The fourth-order valence-corrected chi connectivity index (χ4v) is 18.8. The normalized spacial score (nSPS) is 19.5. The summed E-state index contributed by atoms with van der Waals surface area (Å²) in [6.45, 7) is 9.59. The van der Waals surface area contributed by atoms with Crippen LogP contribution in [0.15, 0.2) is 182 Å². The number of carbonyl (C=O) groups excluding carboxylic acids is 3. The van der Waals surface area contributed by atoms with Gasteiger partial charge in [0.05, 0.1) is 50.6 Å². The number of para-hydroxylation sites is 2. The average molecular weight is 1810 g/mol.